The van der Waals surface area contributed by atoms with E-state index < -0.39 is 12.0 Å². The quantitative estimate of drug-likeness (QED) is 0.480. The first-order valence-electron chi connectivity index (χ1n) is 4.21. The number of carbonyl (C=O) groups excluding carboxylic acids is 1. The lowest BCUT2D eigenvalue weighted by atomic mass is 10.2. The molecule has 1 rings (SSSR count). The van der Waals surface area contributed by atoms with E-state index in [0.717, 1.165) is 6.42 Å². The summed E-state index contributed by atoms with van der Waals surface area (Å²) in [5.41, 5.74) is 5.45. The Kier molecular flexibility index (Phi) is 3.74. The van der Waals surface area contributed by atoms with Gasteiger partial charge in [0.25, 0.3) is 0 Å². The van der Waals surface area contributed by atoms with Gasteiger partial charge in [0.1, 0.15) is 12.1 Å². The van der Waals surface area contributed by atoms with Crippen molar-refractivity contribution < 1.29 is 14.3 Å². The fourth-order valence-corrected chi connectivity index (χ4v) is 1.07. The van der Waals surface area contributed by atoms with Crippen LogP contribution >= 0.6 is 0 Å². The van der Waals surface area contributed by atoms with Crippen LogP contribution < -0.4 is 5.73 Å². The highest BCUT2D eigenvalue weighted by atomic mass is 16.6. The van der Waals surface area contributed by atoms with Crippen molar-refractivity contribution in [1.29, 1.82) is 0 Å². The molecule has 0 radical (unpaired) electrons. The number of nitrogens with two attached hydrogens (primary N) is 1. The number of carbonyl (C=O) groups is 1. The molecular formula is C9H13NO3. The Morgan fingerprint density at radius 2 is 2.62 bits per heavy atom. The van der Waals surface area contributed by atoms with Gasteiger partial charge in [-0.05, 0) is 0 Å². The largest absolute Gasteiger partial charge is 0.459 e. The minimum absolute atomic E-state index is 0.142. The first-order chi connectivity index (χ1) is 6.24. The molecule has 0 aromatic rings. The molecule has 4 nitrogen and oxygen atoms in total. The third-order valence-electron chi connectivity index (χ3n) is 1.81. The zero-order valence-corrected chi connectivity index (χ0v) is 7.36. The molecule has 0 bridgehead atoms. The number of terminal acetylenes is 1. The van der Waals surface area contributed by atoms with Gasteiger partial charge >= 0.3 is 5.97 Å². The zero-order chi connectivity index (χ0) is 9.68. The third-order valence-corrected chi connectivity index (χ3v) is 1.81. The van der Waals surface area contributed by atoms with Crippen LogP contribution in [-0.2, 0) is 14.3 Å². The number of ether oxygens (including phenoxy) is 2. The predicted octanol–water partition coefficient (Wildman–Crippen LogP) is -0.331. The van der Waals surface area contributed by atoms with Crippen molar-refractivity contribution in [2.24, 2.45) is 5.73 Å². The van der Waals surface area contributed by atoms with Crippen LogP contribution in [0.3, 0.4) is 0 Å². The summed E-state index contributed by atoms with van der Waals surface area (Å²) >= 11 is 0. The molecule has 0 aliphatic carbocycles. The number of hydrogen-bond acceptors (Lipinski definition) is 4. The van der Waals surface area contributed by atoms with E-state index in [-0.39, 0.29) is 12.5 Å². The van der Waals surface area contributed by atoms with E-state index in [9.17, 15) is 4.79 Å². The fraction of sp³-hybridized carbons (Fsp3) is 0.667. The smallest absolute Gasteiger partial charge is 0.324 e. The summed E-state index contributed by atoms with van der Waals surface area (Å²) in [4.78, 5) is 11.2. The van der Waals surface area contributed by atoms with Crippen LogP contribution in [0.4, 0.5) is 0 Å². The van der Waals surface area contributed by atoms with E-state index in [1.807, 2.05) is 0 Å². The van der Waals surface area contributed by atoms with E-state index in [4.69, 9.17) is 21.6 Å². The van der Waals surface area contributed by atoms with Crippen LogP contribution in [0.5, 0.6) is 0 Å². The van der Waals surface area contributed by atoms with Gasteiger partial charge in [0, 0.05) is 12.8 Å². The van der Waals surface area contributed by atoms with Gasteiger partial charge in [-0.1, -0.05) is 0 Å². The Labute approximate surface area is 77.4 Å². The molecule has 0 aromatic heterocycles. The molecule has 1 saturated heterocycles. The van der Waals surface area contributed by atoms with Gasteiger partial charge in [-0.3, -0.25) is 4.79 Å². The van der Waals surface area contributed by atoms with Crippen LogP contribution in [0.2, 0.25) is 0 Å². The maximum atomic E-state index is 11.2. The Hall–Kier alpha value is -1.05. The van der Waals surface area contributed by atoms with E-state index in [1.165, 1.54) is 0 Å². The molecule has 0 aromatic carbocycles. The lowest BCUT2D eigenvalue weighted by Gasteiger charge is -2.12. The van der Waals surface area contributed by atoms with Gasteiger partial charge in [-0.25, -0.2) is 0 Å². The lowest BCUT2D eigenvalue weighted by Crippen LogP contribution is -2.34. The molecule has 2 unspecified atom stereocenters. The highest BCUT2D eigenvalue weighted by molar-refractivity contribution is 5.76. The van der Waals surface area contributed by atoms with E-state index in [0.29, 0.717) is 13.2 Å². The summed E-state index contributed by atoms with van der Waals surface area (Å²) in [6.45, 7) is 1.11. The summed E-state index contributed by atoms with van der Waals surface area (Å²) in [6.07, 6.45) is 5.83. The van der Waals surface area contributed by atoms with E-state index in [1.54, 1.807) is 0 Å². The molecule has 0 spiro atoms. The lowest BCUT2D eigenvalue weighted by molar-refractivity contribution is -0.150. The standard InChI is InChI=1S/C9H13NO3/c1-2-3-8(10)9(11)13-7-4-5-12-6-7/h1,7-8H,3-6,10H2. The van der Waals surface area contributed by atoms with Gasteiger partial charge in [-0.2, -0.15) is 0 Å². The monoisotopic (exact) mass is 183 g/mol. The van der Waals surface area contributed by atoms with Crippen molar-refractivity contribution in [2.75, 3.05) is 13.2 Å². The summed E-state index contributed by atoms with van der Waals surface area (Å²) in [7, 11) is 0. The Balaban J connectivity index is 2.27. The van der Waals surface area contributed by atoms with Crippen molar-refractivity contribution in [3.63, 3.8) is 0 Å². The third kappa shape index (κ3) is 3.05. The second kappa shape index (κ2) is 4.85. The van der Waals surface area contributed by atoms with Crippen LogP contribution in [-0.4, -0.2) is 31.3 Å². The van der Waals surface area contributed by atoms with Crippen LogP contribution in [0, 0.1) is 12.3 Å². The minimum Gasteiger partial charge on any atom is -0.459 e. The molecule has 1 heterocycles. The normalized spacial score (nSPS) is 23.5. The second-order valence-electron chi connectivity index (χ2n) is 2.94. The molecule has 72 valence electrons. The highest BCUT2D eigenvalue weighted by Crippen LogP contribution is 2.09. The highest BCUT2D eigenvalue weighted by Gasteiger charge is 2.22. The second-order valence-corrected chi connectivity index (χ2v) is 2.94. The topological polar surface area (TPSA) is 61.6 Å². The number of rotatable bonds is 3. The fourth-order valence-electron chi connectivity index (χ4n) is 1.07. The molecule has 2 atom stereocenters. The average molecular weight is 183 g/mol. The van der Waals surface area contributed by atoms with Crippen LogP contribution in [0.25, 0.3) is 0 Å². The van der Waals surface area contributed by atoms with Gasteiger partial charge in [0.15, 0.2) is 0 Å². The summed E-state index contributed by atoms with van der Waals surface area (Å²) in [6, 6.07) is -0.703. The van der Waals surface area contributed by atoms with Gasteiger partial charge in [-0.15, -0.1) is 12.3 Å². The molecule has 4 heteroatoms. The van der Waals surface area contributed by atoms with E-state index in [2.05, 4.69) is 5.92 Å². The summed E-state index contributed by atoms with van der Waals surface area (Å²) in [5.74, 6) is 1.88. The average Bonchev–Trinajstić information content (AvgIpc) is 2.57. The molecular weight excluding hydrogens is 170 g/mol. The first-order valence-corrected chi connectivity index (χ1v) is 4.21. The van der Waals surface area contributed by atoms with Crippen LogP contribution in [0.15, 0.2) is 0 Å². The van der Waals surface area contributed by atoms with E-state index >= 15 is 0 Å². The zero-order valence-electron chi connectivity index (χ0n) is 7.36. The van der Waals surface area contributed by atoms with Crippen molar-refractivity contribution in [1.82, 2.24) is 0 Å². The molecule has 2 N–H and O–H groups in total. The Morgan fingerprint density at radius 1 is 1.85 bits per heavy atom. The summed E-state index contributed by atoms with van der Waals surface area (Å²) < 4.78 is 10.1. The molecule has 13 heavy (non-hydrogen) atoms. The maximum absolute atomic E-state index is 11.2. The van der Waals surface area contributed by atoms with Crippen molar-refractivity contribution in [3.8, 4) is 12.3 Å². The van der Waals surface area contributed by atoms with Crippen molar-refractivity contribution in [2.45, 2.75) is 25.0 Å². The SMILES string of the molecule is C#CCC(N)C(=O)OC1CCOC1. The van der Waals surface area contributed by atoms with Crippen molar-refractivity contribution >= 4 is 5.97 Å². The summed E-state index contributed by atoms with van der Waals surface area (Å²) in [5, 5.41) is 0. The van der Waals surface area contributed by atoms with Crippen LogP contribution in [0.1, 0.15) is 12.8 Å². The minimum atomic E-state index is -0.703. The molecule has 0 amide bonds. The molecule has 1 aliphatic rings. The molecule has 0 saturated carbocycles. The Morgan fingerprint density at radius 3 is 3.15 bits per heavy atom. The maximum Gasteiger partial charge on any atom is 0.324 e. The van der Waals surface area contributed by atoms with Gasteiger partial charge < -0.3 is 15.2 Å². The number of esters is 1. The molecule has 1 fully saturated rings. The van der Waals surface area contributed by atoms with Gasteiger partial charge in [0.2, 0.25) is 0 Å². The Bertz CT molecular complexity index is 215. The predicted molar refractivity (Wildman–Crippen MR) is 46.7 cm³/mol. The first kappa shape index (κ1) is 10.0. The van der Waals surface area contributed by atoms with Gasteiger partial charge in [0.05, 0.1) is 13.2 Å². The number of hydrogen-bond donors (Lipinski definition) is 1. The van der Waals surface area contributed by atoms with Crippen molar-refractivity contribution in [3.05, 3.63) is 0 Å². The molecule has 1 aliphatic heterocycles.